The molecule has 246 valence electrons. The van der Waals surface area contributed by atoms with E-state index in [1.54, 1.807) is 0 Å². The first-order valence-electron chi connectivity index (χ1n) is 15.5. The smallest absolute Gasteiger partial charge is 0.263 e. The van der Waals surface area contributed by atoms with Crippen LogP contribution in [0.15, 0.2) is 95.9 Å². The lowest BCUT2D eigenvalue weighted by Crippen LogP contribution is -2.46. The molecule has 47 heavy (non-hydrogen) atoms. The molecule has 1 atom stereocenters. The van der Waals surface area contributed by atoms with Gasteiger partial charge in [-0.2, -0.15) is 4.31 Å². The lowest BCUT2D eigenvalue weighted by molar-refractivity contribution is -0.124. The Labute approximate surface area is 272 Å². The second-order valence-electron chi connectivity index (χ2n) is 12.1. The van der Waals surface area contributed by atoms with Crippen molar-refractivity contribution in [1.29, 1.82) is 0 Å². The van der Waals surface area contributed by atoms with Gasteiger partial charge in [0.25, 0.3) is 5.92 Å². The Kier molecular flexibility index (Phi) is 9.36. The van der Waals surface area contributed by atoms with Crippen LogP contribution < -0.4 is 10.2 Å². The van der Waals surface area contributed by atoms with Crippen molar-refractivity contribution in [3.63, 3.8) is 0 Å². The average molecular weight is 664 g/mol. The Morgan fingerprint density at radius 1 is 0.915 bits per heavy atom. The average Bonchev–Trinajstić information content (AvgIpc) is 3.41. The molecule has 0 saturated carbocycles. The van der Waals surface area contributed by atoms with Gasteiger partial charge in [0, 0.05) is 51.3 Å². The van der Waals surface area contributed by atoms with Crippen LogP contribution in [0.2, 0.25) is 0 Å². The van der Waals surface area contributed by atoms with Crippen molar-refractivity contribution in [2.45, 2.75) is 43.3 Å². The van der Waals surface area contributed by atoms with Crippen molar-refractivity contribution in [2.75, 3.05) is 37.6 Å². The molecule has 0 radical (unpaired) electrons. The third-order valence-electron chi connectivity index (χ3n) is 8.58. The minimum Gasteiger partial charge on any atom is -0.354 e. The van der Waals surface area contributed by atoms with Crippen molar-refractivity contribution >= 4 is 21.7 Å². The van der Waals surface area contributed by atoms with E-state index in [0.29, 0.717) is 15.6 Å². The first kappa shape index (κ1) is 32.7. The summed E-state index contributed by atoms with van der Waals surface area (Å²) in [6, 6.07) is 24.2. The zero-order valence-electron chi connectivity index (χ0n) is 26.0. The highest BCUT2D eigenvalue weighted by atomic mass is 32.2. The van der Waals surface area contributed by atoms with E-state index in [9.17, 15) is 26.4 Å². The monoisotopic (exact) mass is 663 g/mol. The number of aryl methyl sites for hydroxylation is 1. The summed E-state index contributed by atoms with van der Waals surface area (Å²) in [6.45, 7) is 4.86. The van der Waals surface area contributed by atoms with Gasteiger partial charge in [0.1, 0.15) is 17.7 Å². The molecule has 8 nitrogen and oxygen atoms in total. The molecule has 3 aromatic carbocycles. The van der Waals surface area contributed by atoms with E-state index in [2.05, 4.69) is 27.2 Å². The van der Waals surface area contributed by atoms with Crippen molar-refractivity contribution < 1.29 is 26.4 Å². The largest absolute Gasteiger partial charge is 0.354 e. The standard InChI is InChI=1S/C35H36F3N5O3S/c1-25-7-9-28(10-8-25)31-19-27(20-33(40-31)42-17-15-41(16-18-42)23-26-5-3-2-4-6-26)22-39-34(44)32-21-35(37,38)24-43(32)47(45,46)30-13-11-29(36)12-14-30/h2-14,19-20,32H,15-18,21-24H2,1H3,(H,39,44)/t32-/m0/s1. The number of aromatic nitrogens is 1. The van der Waals surface area contributed by atoms with Crippen LogP contribution >= 0.6 is 0 Å². The molecule has 2 saturated heterocycles. The number of halogens is 3. The maximum Gasteiger partial charge on any atom is 0.263 e. The summed E-state index contributed by atoms with van der Waals surface area (Å²) in [5, 5.41) is 2.70. The van der Waals surface area contributed by atoms with Crippen molar-refractivity contribution in [3.8, 4) is 11.3 Å². The van der Waals surface area contributed by atoms with E-state index in [1.807, 2.05) is 61.5 Å². The zero-order valence-corrected chi connectivity index (χ0v) is 26.8. The van der Waals surface area contributed by atoms with Crippen molar-refractivity contribution in [1.82, 2.24) is 19.5 Å². The first-order chi connectivity index (χ1) is 22.5. The van der Waals surface area contributed by atoms with Crippen molar-refractivity contribution in [3.05, 3.63) is 114 Å². The predicted octanol–water partition coefficient (Wildman–Crippen LogP) is 5.23. The molecule has 0 unspecified atom stereocenters. The van der Waals surface area contributed by atoms with Crippen LogP contribution in [0.25, 0.3) is 11.3 Å². The molecule has 12 heteroatoms. The summed E-state index contributed by atoms with van der Waals surface area (Å²) in [6.07, 6.45) is -0.956. The van der Waals surface area contributed by atoms with Gasteiger partial charge < -0.3 is 10.2 Å². The van der Waals surface area contributed by atoms with Crippen molar-refractivity contribution in [2.24, 2.45) is 0 Å². The van der Waals surface area contributed by atoms with Crippen LogP contribution in [0, 0.1) is 12.7 Å². The van der Waals surface area contributed by atoms with Crippen LogP contribution in [0.1, 0.15) is 23.1 Å². The molecule has 0 aliphatic carbocycles. The normalized spacial score (nSPS) is 18.7. The molecule has 2 fully saturated rings. The number of carbonyl (C=O) groups is 1. The number of sulfonamides is 1. The number of rotatable bonds is 9. The highest BCUT2D eigenvalue weighted by molar-refractivity contribution is 7.89. The fraction of sp³-hybridized carbons (Fsp3) is 0.314. The van der Waals surface area contributed by atoms with Gasteiger partial charge in [-0.15, -0.1) is 0 Å². The van der Waals surface area contributed by atoms with Gasteiger partial charge in [0.05, 0.1) is 17.1 Å². The molecule has 2 aliphatic heterocycles. The minimum absolute atomic E-state index is 0.0201. The maximum absolute atomic E-state index is 14.6. The van der Waals surface area contributed by atoms with E-state index in [4.69, 9.17) is 4.98 Å². The van der Waals surface area contributed by atoms with Crippen LogP contribution in [0.4, 0.5) is 19.0 Å². The van der Waals surface area contributed by atoms with E-state index >= 15 is 0 Å². The number of hydrogen-bond donors (Lipinski definition) is 1. The molecule has 4 aromatic rings. The van der Waals surface area contributed by atoms with Gasteiger partial charge in [0.15, 0.2) is 0 Å². The Morgan fingerprint density at radius 3 is 2.28 bits per heavy atom. The van der Waals surface area contributed by atoms with E-state index in [-0.39, 0.29) is 11.4 Å². The second-order valence-corrected chi connectivity index (χ2v) is 14.0. The Morgan fingerprint density at radius 2 is 1.60 bits per heavy atom. The van der Waals surface area contributed by atoms with Gasteiger partial charge in [-0.3, -0.25) is 9.69 Å². The molecular formula is C35H36F3N5O3S. The van der Waals surface area contributed by atoms with Gasteiger partial charge >= 0.3 is 0 Å². The molecule has 6 rings (SSSR count). The molecule has 0 spiro atoms. The van der Waals surface area contributed by atoms with Gasteiger partial charge in [-0.1, -0.05) is 60.2 Å². The maximum atomic E-state index is 14.6. The number of nitrogens with zero attached hydrogens (tertiary/aromatic N) is 4. The topological polar surface area (TPSA) is 85.8 Å². The lowest BCUT2D eigenvalue weighted by Gasteiger charge is -2.35. The minimum atomic E-state index is -4.49. The molecule has 1 aromatic heterocycles. The Balaban J connectivity index is 1.20. The summed E-state index contributed by atoms with van der Waals surface area (Å²) >= 11 is 0. The number of anilines is 1. The Hall–Kier alpha value is -4.26. The zero-order chi connectivity index (χ0) is 33.2. The third-order valence-corrected chi connectivity index (χ3v) is 10.4. The number of carbonyl (C=O) groups excluding carboxylic acids is 1. The molecule has 1 N–H and O–H groups in total. The molecule has 3 heterocycles. The fourth-order valence-corrected chi connectivity index (χ4v) is 7.61. The summed E-state index contributed by atoms with van der Waals surface area (Å²) in [7, 11) is -4.49. The summed E-state index contributed by atoms with van der Waals surface area (Å²) in [4.78, 5) is 22.5. The summed E-state index contributed by atoms with van der Waals surface area (Å²) < 4.78 is 69.7. The van der Waals surface area contributed by atoms with Gasteiger partial charge in [-0.25, -0.2) is 26.6 Å². The van der Waals surface area contributed by atoms with Gasteiger partial charge in [0.2, 0.25) is 15.9 Å². The number of nitrogens with one attached hydrogen (secondary N) is 1. The number of hydrogen-bond acceptors (Lipinski definition) is 6. The van der Waals surface area contributed by atoms with Crippen LogP contribution in [-0.2, 0) is 27.9 Å². The van der Waals surface area contributed by atoms with E-state index in [0.717, 1.165) is 73.9 Å². The molecule has 2 aliphatic rings. The quantitative estimate of drug-likeness (QED) is 0.264. The van der Waals surface area contributed by atoms with Crippen LogP contribution in [0.5, 0.6) is 0 Å². The SMILES string of the molecule is Cc1ccc(-c2cc(CNC(=O)[C@@H]3CC(F)(F)CN3S(=O)(=O)c3ccc(F)cc3)cc(N3CCN(Cc4ccccc4)CC3)n2)cc1. The van der Waals surface area contributed by atoms with Crippen LogP contribution in [0.3, 0.4) is 0 Å². The molecular weight excluding hydrogens is 627 g/mol. The number of pyridine rings is 1. The Bertz CT molecular complexity index is 1820. The molecule has 0 bridgehead atoms. The highest BCUT2D eigenvalue weighted by Crippen LogP contribution is 2.36. The van der Waals surface area contributed by atoms with E-state index in [1.165, 1.54) is 5.56 Å². The molecule has 1 amide bonds. The lowest BCUT2D eigenvalue weighted by atomic mass is 10.1. The second kappa shape index (κ2) is 13.5. The first-order valence-corrected chi connectivity index (χ1v) is 16.9. The number of piperazine rings is 1. The number of benzene rings is 3. The van der Waals surface area contributed by atoms with Crippen LogP contribution in [-0.4, -0.2) is 73.2 Å². The number of amides is 1. The number of alkyl halides is 2. The van der Waals surface area contributed by atoms with E-state index < -0.39 is 46.7 Å². The summed E-state index contributed by atoms with van der Waals surface area (Å²) in [5.74, 6) is -4.17. The van der Waals surface area contributed by atoms with Gasteiger partial charge in [-0.05, 0) is 54.4 Å². The fourth-order valence-electron chi connectivity index (χ4n) is 6.00. The highest BCUT2D eigenvalue weighted by Gasteiger charge is 2.52. The summed E-state index contributed by atoms with van der Waals surface area (Å²) in [5.41, 5.74) is 4.64. The predicted molar refractivity (Wildman–Crippen MR) is 174 cm³/mol. The third kappa shape index (κ3) is 7.66.